The third-order valence-electron chi connectivity index (χ3n) is 11.3. The number of carbonyl (C=O) groups is 1. The van der Waals surface area contributed by atoms with Gasteiger partial charge in [0.05, 0.1) is 24.1 Å². The maximum atomic E-state index is 12.3. The Hall–Kier alpha value is -0.540. The van der Waals surface area contributed by atoms with Gasteiger partial charge in [-0.05, 0) is 104 Å². The lowest BCUT2D eigenvalue weighted by Crippen LogP contribution is -2.62. The zero-order valence-electron chi connectivity index (χ0n) is 21.6. The first kappa shape index (κ1) is 27.5. The Morgan fingerprint density at radius 3 is 2.40 bits per heavy atom. The number of aliphatic hydroxyl groups excluding tert-OH is 3. The van der Waals surface area contributed by atoms with Crippen molar-refractivity contribution in [3.05, 3.63) is 0 Å². The molecule has 202 valence electrons. The molecule has 0 saturated heterocycles. The second kappa shape index (κ2) is 9.97. The summed E-state index contributed by atoms with van der Waals surface area (Å²) in [5.74, 6) is 1.18. The van der Waals surface area contributed by atoms with E-state index in [0.29, 0.717) is 25.2 Å². The smallest absolute Gasteiger partial charge is 0.264 e. The summed E-state index contributed by atoms with van der Waals surface area (Å²) in [6, 6.07) is 0. The summed E-state index contributed by atoms with van der Waals surface area (Å²) in [6.45, 7) is 6.72. The second-order valence-corrected chi connectivity index (χ2v) is 14.5. The first-order chi connectivity index (χ1) is 16.3. The molecule has 0 radical (unpaired) electrons. The number of ketones is 1. The van der Waals surface area contributed by atoms with Crippen molar-refractivity contribution in [2.24, 2.45) is 46.3 Å². The molecule has 0 spiro atoms. The van der Waals surface area contributed by atoms with Crippen LogP contribution in [0.25, 0.3) is 0 Å². The Balaban J connectivity index is 1.43. The van der Waals surface area contributed by atoms with E-state index in [1.165, 1.54) is 0 Å². The average Bonchev–Trinajstić information content (AvgIpc) is 3.12. The quantitative estimate of drug-likeness (QED) is 0.364. The molecule has 35 heavy (non-hydrogen) atoms. The maximum Gasteiger partial charge on any atom is 0.264 e. The average molecular weight is 515 g/mol. The van der Waals surface area contributed by atoms with Crippen LogP contribution in [0.3, 0.4) is 0 Å². The van der Waals surface area contributed by atoms with E-state index in [1.807, 2.05) is 0 Å². The van der Waals surface area contributed by atoms with Crippen LogP contribution in [-0.4, -0.2) is 58.1 Å². The van der Waals surface area contributed by atoms with Gasteiger partial charge in [-0.1, -0.05) is 20.8 Å². The van der Waals surface area contributed by atoms with E-state index in [-0.39, 0.29) is 70.9 Å². The van der Waals surface area contributed by atoms with Crippen LogP contribution in [0.15, 0.2) is 0 Å². The van der Waals surface area contributed by atoms with Gasteiger partial charge in [-0.25, -0.2) is 0 Å². The van der Waals surface area contributed by atoms with Crippen molar-refractivity contribution in [2.75, 3.05) is 5.75 Å². The van der Waals surface area contributed by atoms with Gasteiger partial charge in [0.1, 0.15) is 5.78 Å². The lowest BCUT2D eigenvalue weighted by Gasteiger charge is -2.63. The molecule has 7 nitrogen and oxygen atoms in total. The van der Waals surface area contributed by atoms with Crippen LogP contribution < -0.4 is 0 Å². The van der Waals surface area contributed by atoms with E-state index in [2.05, 4.69) is 20.8 Å². The first-order valence-electron chi connectivity index (χ1n) is 13.8. The van der Waals surface area contributed by atoms with Gasteiger partial charge in [0.2, 0.25) is 0 Å². The number of aliphatic hydroxyl groups is 3. The number of rotatable bonds is 8. The lowest BCUT2D eigenvalue weighted by atomic mass is 9.43. The van der Waals surface area contributed by atoms with E-state index >= 15 is 0 Å². The highest BCUT2D eigenvalue weighted by Gasteiger charge is 2.65. The van der Waals surface area contributed by atoms with Crippen LogP contribution in [0, 0.1) is 46.3 Å². The summed E-state index contributed by atoms with van der Waals surface area (Å²) < 4.78 is 30.6. The van der Waals surface area contributed by atoms with E-state index in [4.69, 9.17) is 4.55 Å². The predicted octanol–water partition coefficient (Wildman–Crippen LogP) is 3.60. The Bertz CT molecular complexity index is 890. The molecule has 0 aromatic carbocycles. The lowest BCUT2D eigenvalue weighted by molar-refractivity contribution is -0.207. The molecular weight excluding hydrogens is 468 g/mol. The Labute approximate surface area is 210 Å². The summed E-state index contributed by atoms with van der Waals surface area (Å²) in [7, 11) is -4.03. The van der Waals surface area contributed by atoms with Crippen molar-refractivity contribution in [1.29, 1.82) is 0 Å². The molecule has 8 heteroatoms. The third kappa shape index (κ3) is 5.12. The predicted molar refractivity (Wildman–Crippen MR) is 133 cm³/mol. The van der Waals surface area contributed by atoms with Gasteiger partial charge in [0.15, 0.2) is 0 Å². The number of hydrogen-bond acceptors (Lipinski definition) is 6. The van der Waals surface area contributed by atoms with Gasteiger partial charge in [0, 0.05) is 12.8 Å². The molecular formula is C27H46O7S. The summed E-state index contributed by atoms with van der Waals surface area (Å²) in [5.41, 5.74) is -0.226. The summed E-state index contributed by atoms with van der Waals surface area (Å²) >= 11 is 0. The van der Waals surface area contributed by atoms with Crippen molar-refractivity contribution in [2.45, 2.75) is 110 Å². The van der Waals surface area contributed by atoms with Gasteiger partial charge >= 0.3 is 0 Å². The SMILES string of the molecule is C[C@H](CCC(=O)CCCS(=O)(=O)O)[C@H]1CC[C@H]2[C@@H]3[C@H](O)C[C@@H]4C[C@H](O)CC[C@]4(C)[C@H]3C[C@H](O)[C@]12C. The van der Waals surface area contributed by atoms with Crippen molar-refractivity contribution >= 4 is 15.9 Å². The summed E-state index contributed by atoms with van der Waals surface area (Å²) in [5, 5.41) is 33.3. The zero-order chi connectivity index (χ0) is 25.8. The monoisotopic (exact) mass is 514 g/mol. The molecule has 4 N–H and O–H groups in total. The molecule has 4 aliphatic rings. The summed E-state index contributed by atoms with van der Waals surface area (Å²) in [4.78, 5) is 12.3. The largest absolute Gasteiger partial charge is 0.393 e. The van der Waals surface area contributed by atoms with Crippen LogP contribution in [-0.2, 0) is 14.9 Å². The van der Waals surface area contributed by atoms with Crippen LogP contribution in [0.5, 0.6) is 0 Å². The fraction of sp³-hybridized carbons (Fsp3) is 0.963. The van der Waals surface area contributed by atoms with E-state index in [1.54, 1.807) is 0 Å². The minimum absolute atomic E-state index is 0.0191. The molecule has 0 amide bonds. The van der Waals surface area contributed by atoms with Crippen LogP contribution in [0.2, 0.25) is 0 Å². The molecule has 4 fully saturated rings. The highest BCUT2D eigenvalue weighted by molar-refractivity contribution is 7.85. The van der Waals surface area contributed by atoms with Crippen molar-refractivity contribution in [3.8, 4) is 0 Å². The van der Waals surface area contributed by atoms with Gasteiger partial charge < -0.3 is 15.3 Å². The zero-order valence-corrected chi connectivity index (χ0v) is 22.4. The molecule has 0 heterocycles. The van der Waals surface area contributed by atoms with E-state index in [9.17, 15) is 28.5 Å². The first-order valence-corrected chi connectivity index (χ1v) is 15.4. The highest BCUT2D eigenvalue weighted by atomic mass is 32.2. The van der Waals surface area contributed by atoms with E-state index < -0.39 is 22.3 Å². The molecule has 4 aliphatic carbocycles. The van der Waals surface area contributed by atoms with Crippen molar-refractivity contribution in [1.82, 2.24) is 0 Å². The van der Waals surface area contributed by atoms with Crippen LogP contribution in [0.4, 0.5) is 0 Å². The molecule has 0 bridgehead atoms. The Morgan fingerprint density at radius 1 is 1.00 bits per heavy atom. The minimum atomic E-state index is -4.03. The van der Waals surface area contributed by atoms with E-state index in [0.717, 1.165) is 38.5 Å². The third-order valence-corrected chi connectivity index (χ3v) is 12.1. The van der Waals surface area contributed by atoms with Gasteiger partial charge in [-0.3, -0.25) is 9.35 Å². The molecule has 0 unspecified atom stereocenters. The fourth-order valence-corrected chi connectivity index (χ4v) is 9.81. The number of Topliss-reactive ketones (excluding diaryl/α,β-unsaturated/α-hetero) is 1. The van der Waals surface area contributed by atoms with Crippen LogP contribution >= 0.6 is 0 Å². The minimum Gasteiger partial charge on any atom is -0.393 e. The molecule has 0 aliphatic heterocycles. The molecule has 4 saturated carbocycles. The summed E-state index contributed by atoms with van der Waals surface area (Å²) in [6.07, 6.45) is 6.25. The number of hydrogen-bond donors (Lipinski definition) is 4. The second-order valence-electron chi connectivity index (χ2n) is 13.0. The van der Waals surface area contributed by atoms with Crippen molar-refractivity contribution in [3.63, 3.8) is 0 Å². The highest BCUT2D eigenvalue weighted by Crippen LogP contribution is 2.68. The Kier molecular flexibility index (Phi) is 7.83. The van der Waals surface area contributed by atoms with Gasteiger partial charge in [0.25, 0.3) is 10.1 Å². The maximum absolute atomic E-state index is 12.3. The van der Waals surface area contributed by atoms with Crippen molar-refractivity contribution < 1.29 is 33.1 Å². The Morgan fingerprint density at radius 2 is 1.71 bits per heavy atom. The van der Waals surface area contributed by atoms with Crippen LogP contribution in [0.1, 0.15) is 91.4 Å². The topological polar surface area (TPSA) is 132 Å². The molecule has 11 atom stereocenters. The standard InChI is InChI=1S/C27H46O7S/c1-16(6-7-18(28)5-4-12-35(32,33)34)20-8-9-21-25-22(15-24(31)27(20,21)3)26(2)11-10-19(29)13-17(26)14-23(25)30/h16-17,19-25,29-31H,4-15H2,1-3H3,(H,32,33,34)/t16-,17+,19-,20-,21+,22+,23-,24+,25+,26+,27-/m1/s1. The number of carbonyl (C=O) groups excluding carboxylic acids is 1. The normalized spacial score (nSPS) is 46.4. The fourth-order valence-electron chi connectivity index (χ4n) is 9.30. The molecule has 0 aromatic rings. The molecule has 0 aromatic heterocycles. The molecule has 4 rings (SSSR count). The number of fused-ring (bicyclic) bond motifs is 5. The van der Waals surface area contributed by atoms with Gasteiger partial charge in [-0.15, -0.1) is 0 Å². The van der Waals surface area contributed by atoms with Gasteiger partial charge in [-0.2, -0.15) is 8.42 Å².